The van der Waals surface area contributed by atoms with Crippen molar-refractivity contribution in [2.24, 2.45) is 11.8 Å². The van der Waals surface area contributed by atoms with Crippen molar-refractivity contribution in [2.75, 3.05) is 19.7 Å². The van der Waals surface area contributed by atoms with Crippen molar-refractivity contribution < 1.29 is 15.0 Å². The Balaban J connectivity index is 1.65. The molecule has 4 atom stereocenters. The standard InChI is InChI=1S/C19H30N4O3/c1-12-20-6-3-15(21-12)9-16-17(11-24)19(26)10-18(16)22-14-4-7-23(8-5-14)13(2)25/h3,6,14,16-19,22,24,26H,4-5,7-11H2,1-2H3. The molecule has 0 aromatic carbocycles. The van der Waals surface area contributed by atoms with Gasteiger partial charge in [-0.2, -0.15) is 0 Å². The number of amides is 1. The molecule has 0 bridgehead atoms. The Morgan fingerprint density at radius 1 is 1.35 bits per heavy atom. The van der Waals surface area contributed by atoms with Crippen LogP contribution in [0.15, 0.2) is 12.3 Å². The Morgan fingerprint density at radius 3 is 2.69 bits per heavy atom. The number of carbonyl (C=O) groups is 1. The van der Waals surface area contributed by atoms with Gasteiger partial charge in [0.05, 0.1) is 6.10 Å². The summed E-state index contributed by atoms with van der Waals surface area (Å²) in [5.74, 6) is 0.870. The number of aliphatic hydroxyl groups is 2. The summed E-state index contributed by atoms with van der Waals surface area (Å²) in [5.41, 5.74) is 0.952. The van der Waals surface area contributed by atoms with E-state index in [2.05, 4.69) is 15.3 Å². The molecule has 2 fully saturated rings. The molecule has 144 valence electrons. The lowest BCUT2D eigenvalue weighted by atomic mass is 9.88. The molecular weight excluding hydrogens is 332 g/mol. The number of nitrogens with one attached hydrogen (secondary N) is 1. The lowest BCUT2D eigenvalue weighted by Crippen LogP contribution is -2.49. The average molecular weight is 362 g/mol. The number of carbonyl (C=O) groups excluding carboxylic acids is 1. The normalized spacial score (nSPS) is 29.9. The maximum absolute atomic E-state index is 11.5. The summed E-state index contributed by atoms with van der Waals surface area (Å²) in [6.45, 7) is 5.03. The lowest BCUT2D eigenvalue weighted by molar-refractivity contribution is -0.129. The van der Waals surface area contributed by atoms with Crippen molar-refractivity contribution in [3.8, 4) is 0 Å². The van der Waals surface area contributed by atoms with Crippen LogP contribution in [0.2, 0.25) is 0 Å². The van der Waals surface area contributed by atoms with Crippen LogP contribution in [0.3, 0.4) is 0 Å². The van der Waals surface area contributed by atoms with E-state index >= 15 is 0 Å². The summed E-state index contributed by atoms with van der Waals surface area (Å²) in [5, 5.41) is 23.9. The van der Waals surface area contributed by atoms with E-state index in [1.807, 2.05) is 17.9 Å². The molecule has 1 aromatic heterocycles. The van der Waals surface area contributed by atoms with Gasteiger partial charge in [0, 0.05) is 56.5 Å². The number of aryl methyl sites for hydroxylation is 1. The number of aliphatic hydroxyl groups excluding tert-OH is 2. The number of hydrogen-bond acceptors (Lipinski definition) is 6. The fraction of sp³-hybridized carbons (Fsp3) is 0.737. The molecule has 1 amide bonds. The third kappa shape index (κ3) is 4.39. The molecule has 2 aliphatic rings. The number of nitrogens with zero attached hydrogens (tertiary/aromatic N) is 3. The first kappa shape index (κ1) is 19.2. The Morgan fingerprint density at radius 2 is 2.08 bits per heavy atom. The van der Waals surface area contributed by atoms with Crippen molar-refractivity contribution >= 4 is 5.91 Å². The van der Waals surface area contributed by atoms with Gasteiger partial charge in [-0.15, -0.1) is 0 Å². The largest absolute Gasteiger partial charge is 0.396 e. The highest BCUT2D eigenvalue weighted by Crippen LogP contribution is 2.35. The third-order valence-corrected chi connectivity index (χ3v) is 5.94. The Bertz CT molecular complexity index is 619. The minimum absolute atomic E-state index is 0.0170. The van der Waals surface area contributed by atoms with Crippen LogP contribution in [0.4, 0.5) is 0 Å². The zero-order chi connectivity index (χ0) is 18.7. The third-order valence-electron chi connectivity index (χ3n) is 5.94. The molecule has 26 heavy (non-hydrogen) atoms. The quantitative estimate of drug-likeness (QED) is 0.696. The first-order chi connectivity index (χ1) is 12.5. The van der Waals surface area contributed by atoms with Gasteiger partial charge >= 0.3 is 0 Å². The van der Waals surface area contributed by atoms with Crippen molar-refractivity contribution in [2.45, 2.75) is 57.7 Å². The fourth-order valence-electron chi connectivity index (χ4n) is 4.46. The zero-order valence-electron chi connectivity index (χ0n) is 15.6. The van der Waals surface area contributed by atoms with Crippen LogP contribution in [0, 0.1) is 18.8 Å². The van der Waals surface area contributed by atoms with Crippen LogP contribution in [0.25, 0.3) is 0 Å². The van der Waals surface area contributed by atoms with E-state index in [9.17, 15) is 15.0 Å². The molecule has 2 heterocycles. The van der Waals surface area contributed by atoms with Gasteiger partial charge in [0.15, 0.2) is 0 Å². The minimum Gasteiger partial charge on any atom is -0.396 e. The number of rotatable bonds is 5. The van der Waals surface area contributed by atoms with Gasteiger partial charge in [0.1, 0.15) is 5.82 Å². The number of hydrogen-bond donors (Lipinski definition) is 3. The highest BCUT2D eigenvalue weighted by molar-refractivity contribution is 5.73. The number of aromatic nitrogens is 2. The fourth-order valence-corrected chi connectivity index (χ4v) is 4.46. The molecule has 1 aromatic rings. The molecule has 1 saturated heterocycles. The predicted molar refractivity (Wildman–Crippen MR) is 97.4 cm³/mol. The Labute approximate surface area is 154 Å². The summed E-state index contributed by atoms with van der Waals surface area (Å²) in [6.07, 6.45) is 4.48. The Hall–Kier alpha value is -1.57. The summed E-state index contributed by atoms with van der Waals surface area (Å²) >= 11 is 0. The van der Waals surface area contributed by atoms with E-state index < -0.39 is 6.10 Å². The first-order valence-electron chi connectivity index (χ1n) is 9.57. The van der Waals surface area contributed by atoms with E-state index in [-0.39, 0.29) is 30.4 Å². The van der Waals surface area contributed by atoms with Crippen molar-refractivity contribution in [1.82, 2.24) is 20.2 Å². The molecule has 1 aliphatic heterocycles. The molecule has 0 radical (unpaired) electrons. The SMILES string of the molecule is CC(=O)N1CCC(NC2CC(O)C(CO)C2Cc2ccnc(C)n2)CC1. The van der Waals surface area contributed by atoms with Gasteiger partial charge in [-0.3, -0.25) is 4.79 Å². The maximum atomic E-state index is 11.5. The van der Waals surface area contributed by atoms with E-state index in [0.717, 1.165) is 43.9 Å². The minimum atomic E-state index is -0.497. The van der Waals surface area contributed by atoms with E-state index in [1.165, 1.54) is 0 Å². The molecule has 4 unspecified atom stereocenters. The van der Waals surface area contributed by atoms with E-state index in [0.29, 0.717) is 12.5 Å². The van der Waals surface area contributed by atoms with Gasteiger partial charge in [-0.05, 0) is 44.6 Å². The highest BCUT2D eigenvalue weighted by atomic mass is 16.3. The van der Waals surface area contributed by atoms with Crippen molar-refractivity contribution in [3.05, 3.63) is 23.8 Å². The molecular formula is C19H30N4O3. The van der Waals surface area contributed by atoms with Gasteiger partial charge in [0.2, 0.25) is 5.91 Å². The summed E-state index contributed by atoms with van der Waals surface area (Å²) in [4.78, 5) is 22.0. The smallest absolute Gasteiger partial charge is 0.219 e. The van der Waals surface area contributed by atoms with Crippen LogP contribution >= 0.6 is 0 Å². The van der Waals surface area contributed by atoms with Gasteiger partial charge in [-0.1, -0.05) is 0 Å². The zero-order valence-corrected chi connectivity index (χ0v) is 15.6. The topological polar surface area (TPSA) is 98.6 Å². The van der Waals surface area contributed by atoms with Crippen LogP contribution in [-0.4, -0.2) is 68.9 Å². The van der Waals surface area contributed by atoms with Crippen molar-refractivity contribution in [1.29, 1.82) is 0 Å². The molecule has 1 aliphatic carbocycles. The van der Waals surface area contributed by atoms with Crippen LogP contribution in [0.1, 0.15) is 37.7 Å². The maximum Gasteiger partial charge on any atom is 0.219 e. The summed E-state index contributed by atoms with van der Waals surface area (Å²) < 4.78 is 0. The molecule has 3 N–H and O–H groups in total. The van der Waals surface area contributed by atoms with E-state index in [1.54, 1.807) is 13.1 Å². The molecule has 0 spiro atoms. The molecule has 1 saturated carbocycles. The summed E-state index contributed by atoms with van der Waals surface area (Å²) in [6, 6.07) is 2.40. The summed E-state index contributed by atoms with van der Waals surface area (Å²) in [7, 11) is 0. The first-order valence-corrected chi connectivity index (χ1v) is 9.57. The average Bonchev–Trinajstić information content (AvgIpc) is 2.89. The van der Waals surface area contributed by atoms with Gasteiger partial charge in [0.25, 0.3) is 0 Å². The lowest BCUT2D eigenvalue weighted by Gasteiger charge is -2.35. The molecule has 7 nitrogen and oxygen atoms in total. The van der Waals surface area contributed by atoms with Gasteiger partial charge < -0.3 is 20.4 Å². The second kappa shape index (κ2) is 8.41. The number of likely N-dealkylation sites (tertiary alicyclic amines) is 1. The van der Waals surface area contributed by atoms with Crippen molar-refractivity contribution in [3.63, 3.8) is 0 Å². The predicted octanol–water partition coefficient (Wildman–Crippen LogP) is 0.286. The van der Waals surface area contributed by atoms with Crippen LogP contribution in [0.5, 0.6) is 0 Å². The highest BCUT2D eigenvalue weighted by Gasteiger charge is 2.43. The molecule has 7 heteroatoms. The second-order valence-electron chi connectivity index (χ2n) is 7.67. The second-order valence-corrected chi connectivity index (χ2v) is 7.67. The van der Waals surface area contributed by atoms with Crippen LogP contribution < -0.4 is 5.32 Å². The Kier molecular flexibility index (Phi) is 6.21. The van der Waals surface area contributed by atoms with Crippen LogP contribution in [-0.2, 0) is 11.2 Å². The molecule has 3 rings (SSSR count). The monoisotopic (exact) mass is 362 g/mol. The number of piperidine rings is 1. The van der Waals surface area contributed by atoms with Gasteiger partial charge in [-0.25, -0.2) is 9.97 Å². The van der Waals surface area contributed by atoms with E-state index in [4.69, 9.17) is 0 Å².